The third-order valence-corrected chi connectivity index (χ3v) is 4.72. The first kappa shape index (κ1) is 20.2. The van der Waals surface area contributed by atoms with Crippen molar-refractivity contribution in [2.45, 2.75) is 57.7 Å². The maximum Gasteiger partial charge on any atom is 0.407 e. The lowest BCUT2D eigenvalue weighted by Gasteiger charge is -2.22. The lowest BCUT2D eigenvalue weighted by Crippen LogP contribution is -2.38. The van der Waals surface area contributed by atoms with Crippen molar-refractivity contribution >= 4 is 23.5 Å². The van der Waals surface area contributed by atoms with E-state index in [1.807, 2.05) is 32.9 Å². The van der Waals surface area contributed by atoms with E-state index in [0.717, 1.165) is 25.1 Å². The molecule has 8 heteroatoms. The van der Waals surface area contributed by atoms with E-state index in [4.69, 9.17) is 16.3 Å². The van der Waals surface area contributed by atoms with Gasteiger partial charge in [0.1, 0.15) is 16.4 Å². The van der Waals surface area contributed by atoms with Crippen LogP contribution in [-0.4, -0.2) is 33.3 Å². The first-order chi connectivity index (χ1) is 13.2. The fourth-order valence-corrected chi connectivity index (χ4v) is 3.38. The van der Waals surface area contributed by atoms with Gasteiger partial charge in [-0.1, -0.05) is 11.6 Å². The summed E-state index contributed by atoms with van der Waals surface area (Å²) >= 11 is 5.89. The number of nitrogens with one attached hydrogen (secondary N) is 2. The summed E-state index contributed by atoms with van der Waals surface area (Å²) in [6.45, 7) is 5.54. The number of ether oxygens (including phenoxy) is 1. The molecule has 1 aliphatic carbocycles. The van der Waals surface area contributed by atoms with Crippen molar-refractivity contribution in [1.82, 2.24) is 14.9 Å². The monoisotopic (exact) mass is 404 g/mol. The van der Waals surface area contributed by atoms with Gasteiger partial charge >= 0.3 is 6.09 Å². The van der Waals surface area contributed by atoms with Crippen molar-refractivity contribution in [3.63, 3.8) is 0 Å². The molecule has 150 valence electrons. The van der Waals surface area contributed by atoms with Gasteiger partial charge < -0.3 is 15.4 Å². The van der Waals surface area contributed by atoms with E-state index < -0.39 is 5.60 Å². The molecule has 0 aliphatic heterocycles. The predicted octanol–water partition coefficient (Wildman–Crippen LogP) is 3.74. The number of amides is 1. The van der Waals surface area contributed by atoms with Gasteiger partial charge in [0.25, 0.3) is 5.56 Å². The Morgan fingerprint density at radius 3 is 2.68 bits per heavy atom. The number of rotatable bonds is 4. The molecule has 1 saturated carbocycles. The minimum absolute atomic E-state index is 0.0802. The van der Waals surface area contributed by atoms with Crippen molar-refractivity contribution in [2.24, 2.45) is 0 Å². The fourth-order valence-electron chi connectivity index (χ4n) is 3.21. The second-order valence-electron chi connectivity index (χ2n) is 7.93. The number of nitrogens with zero attached hydrogens (tertiary/aromatic N) is 2. The lowest BCUT2D eigenvalue weighted by atomic mass is 10.2. The van der Waals surface area contributed by atoms with Crippen LogP contribution in [0.25, 0.3) is 5.69 Å². The smallest absolute Gasteiger partial charge is 0.407 e. The number of hydrogen-bond acceptors (Lipinski definition) is 5. The molecule has 0 spiro atoms. The summed E-state index contributed by atoms with van der Waals surface area (Å²) < 4.78 is 6.76. The van der Waals surface area contributed by atoms with Crippen molar-refractivity contribution in [3.05, 3.63) is 52.0 Å². The number of anilines is 1. The Kier molecular flexibility index (Phi) is 5.93. The van der Waals surface area contributed by atoms with Crippen LogP contribution in [0.3, 0.4) is 0 Å². The van der Waals surface area contributed by atoms with E-state index in [1.54, 1.807) is 24.5 Å². The lowest BCUT2D eigenvalue weighted by molar-refractivity contribution is 0.0505. The second-order valence-corrected chi connectivity index (χ2v) is 8.34. The molecule has 0 radical (unpaired) electrons. The molecule has 1 amide bonds. The third-order valence-electron chi connectivity index (χ3n) is 4.43. The minimum Gasteiger partial charge on any atom is -0.444 e. The zero-order chi connectivity index (χ0) is 20.3. The Labute approximate surface area is 169 Å². The molecule has 0 saturated heterocycles. The molecule has 2 aromatic heterocycles. The highest BCUT2D eigenvalue weighted by atomic mass is 35.5. The van der Waals surface area contributed by atoms with E-state index in [9.17, 15) is 9.59 Å². The van der Waals surface area contributed by atoms with Gasteiger partial charge in [-0.3, -0.25) is 9.36 Å². The van der Waals surface area contributed by atoms with Gasteiger partial charge in [0, 0.05) is 18.3 Å². The van der Waals surface area contributed by atoms with Crippen LogP contribution in [0.1, 0.15) is 40.0 Å². The largest absolute Gasteiger partial charge is 0.444 e. The quantitative estimate of drug-likeness (QED) is 0.810. The average molecular weight is 405 g/mol. The molecule has 7 nitrogen and oxygen atoms in total. The molecule has 0 aromatic carbocycles. The number of halogens is 1. The first-order valence-electron chi connectivity index (χ1n) is 9.31. The van der Waals surface area contributed by atoms with E-state index in [0.29, 0.717) is 5.69 Å². The van der Waals surface area contributed by atoms with Crippen LogP contribution < -0.4 is 16.2 Å². The highest BCUT2D eigenvalue weighted by Crippen LogP contribution is 2.23. The zero-order valence-corrected chi connectivity index (χ0v) is 17.0. The summed E-state index contributed by atoms with van der Waals surface area (Å²) in [6.07, 6.45) is 5.52. The Morgan fingerprint density at radius 1 is 1.25 bits per heavy atom. The highest BCUT2D eigenvalue weighted by molar-refractivity contribution is 6.30. The number of aromatic nitrogens is 2. The Bertz CT molecular complexity index is 890. The fraction of sp³-hybridized carbons (Fsp3) is 0.450. The van der Waals surface area contributed by atoms with E-state index in [2.05, 4.69) is 15.6 Å². The topological polar surface area (TPSA) is 85.2 Å². The number of pyridine rings is 2. The van der Waals surface area contributed by atoms with Gasteiger partial charge in [0.2, 0.25) is 0 Å². The molecular weight excluding hydrogens is 380 g/mol. The second kappa shape index (κ2) is 8.22. The van der Waals surface area contributed by atoms with Crippen LogP contribution in [0.15, 0.2) is 41.5 Å². The maximum absolute atomic E-state index is 12.1. The summed E-state index contributed by atoms with van der Waals surface area (Å²) in [4.78, 5) is 28.4. The van der Waals surface area contributed by atoms with Gasteiger partial charge in [0.15, 0.2) is 0 Å². The van der Waals surface area contributed by atoms with Crippen molar-refractivity contribution in [2.75, 3.05) is 5.32 Å². The summed E-state index contributed by atoms with van der Waals surface area (Å²) in [5.74, 6) is 0.724. The number of hydrogen-bond donors (Lipinski definition) is 2. The van der Waals surface area contributed by atoms with Crippen LogP contribution in [0.5, 0.6) is 0 Å². The molecule has 2 aromatic rings. The van der Waals surface area contributed by atoms with Crippen LogP contribution in [-0.2, 0) is 4.74 Å². The molecule has 0 bridgehead atoms. The maximum atomic E-state index is 12.1. The van der Waals surface area contributed by atoms with Gasteiger partial charge in [-0.15, -0.1) is 0 Å². The van der Waals surface area contributed by atoms with E-state index >= 15 is 0 Å². The standard InChI is InChI=1S/C20H25ClN4O3/c1-20(2,3)28-19(27)24-14-7-6-13(11-14)23-17-9-8-15(12-22-17)25-10-4-5-16(21)18(25)26/h4-5,8-10,12-14H,6-7,11H2,1-3H3,(H,22,23)(H,24,27)/t13-,14-/m0/s1. The predicted molar refractivity (Wildman–Crippen MR) is 109 cm³/mol. The summed E-state index contributed by atoms with van der Waals surface area (Å²) in [7, 11) is 0. The summed E-state index contributed by atoms with van der Waals surface area (Å²) in [6, 6.07) is 7.22. The normalized spacial score (nSPS) is 19.3. The minimum atomic E-state index is -0.503. The van der Waals surface area contributed by atoms with Gasteiger partial charge in [-0.2, -0.15) is 0 Å². The first-order valence-corrected chi connectivity index (χ1v) is 9.69. The Balaban J connectivity index is 1.56. The molecule has 2 N–H and O–H groups in total. The Hall–Kier alpha value is -2.54. The number of carbonyl (C=O) groups is 1. The summed E-state index contributed by atoms with van der Waals surface area (Å²) in [5.41, 5.74) is -0.135. The molecule has 28 heavy (non-hydrogen) atoms. The molecule has 0 unspecified atom stereocenters. The summed E-state index contributed by atoms with van der Waals surface area (Å²) in [5, 5.41) is 6.47. The molecule has 3 rings (SSSR count). The number of carbonyl (C=O) groups excluding carboxylic acids is 1. The van der Waals surface area contributed by atoms with E-state index in [-0.39, 0.29) is 28.8 Å². The van der Waals surface area contributed by atoms with Crippen LogP contribution in [0, 0.1) is 0 Å². The zero-order valence-electron chi connectivity index (χ0n) is 16.2. The molecule has 2 atom stereocenters. The van der Waals surface area contributed by atoms with E-state index in [1.165, 1.54) is 4.57 Å². The van der Waals surface area contributed by atoms with Gasteiger partial charge in [-0.25, -0.2) is 9.78 Å². The van der Waals surface area contributed by atoms with Crippen LogP contribution in [0.4, 0.5) is 10.6 Å². The number of alkyl carbamates (subject to hydrolysis) is 1. The van der Waals surface area contributed by atoms with Crippen LogP contribution in [0.2, 0.25) is 5.02 Å². The molecule has 2 heterocycles. The van der Waals surface area contributed by atoms with Crippen molar-refractivity contribution in [1.29, 1.82) is 0 Å². The van der Waals surface area contributed by atoms with Gasteiger partial charge in [-0.05, 0) is 64.3 Å². The average Bonchev–Trinajstić information content (AvgIpc) is 3.03. The molecule has 1 aliphatic rings. The van der Waals surface area contributed by atoms with Crippen LogP contribution >= 0.6 is 11.6 Å². The third kappa shape index (κ3) is 5.25. The van der Waals surface area contributed by atoms with Crippen molar-refractivity contribution in [3.8, 4) is 5.69 Å². The molecular formula is C20H25ClN4O3. The van der Waals surface area contributed by atoms with Crippen molar-refractivity contribution < 1.29 is 9.53 Å². The van der Waals surface area contributed by atoms with Gasteiger partial charge in [0.05, 0.1) is 11.9 Å². The molecule has 1 fully saturated rings. The SMILES string of the molecule is CC(C)(C)OC(=O)N[C@H]1CC[C@H](Nc2ccc(-n3cccc(Cl)c3=O)cn2)C1. The highest BCUT2D eigenvalue weighted by Gasteiger charge is 2.27. The Morgan fingerprint density at radius 2 is 2.00 bits per heavy atom.